The first-order valence-corrected chi connectivity index (χ1v) is 7.50. The summed E-state index contributed by atoms with van der Waals surface area (Å²) in [6.45, 7) is 2.53. The lowest BCUT2D eigenvalue weighted by Crippen LogP contribution is -2.33. The molecule has 0 aliphatic carbocycles. The normalized spacial score (nSPS) is 20.0. The summed E-state index contributed by atoms with van der Waals surface area (Å²) >= 11 is 5.86. The molecule has 2 unspecified atom stereocenters. The van der Waals surface area contributed by atoms with Gasteiger partial charge in [0.25, 0.3) is 0 Å². The Labute approximate surface area is 125 Å². The first-order chi connectivity index (χ1) is 9.74. The minimum Gasteiger partial charge on any atom is -0.491 e. The number of aliphatic hydroxyl groups is 1. The van der Waals surface area contributed by atoms with Crippen LogP contribution in [-0.2, 0) is 4.74 Å². The molecule has 112 valence electrons. The molecule has 1 heterocycles. The van der Waals surface area contributed by atoms with Gasteiger partial charge in [0.1, 0.15) is 18.5 Å². The maximum absolute atomic E-state index is 9.82. The first-order valence-electron chi connectivity index (χ1n) is 7.13. The van der Waals surface area contributed by atoms with Gasteiger partial charge in [-0.3, -0.25) is 0 Å². The number of rotatable bonds is 8. The van der Waals surface area contributed by atoms with E-state index in [4.69, 9.17) is 21.1 Å². The summed E-state index contributed by atoms with van der Waals surface area (Å²) in [5.74, 6) is 0.677. The van der Waals surface area contributed by atoms with Crippen molar-refractivity contribution in [2.24, 2.45) is 0 Å². The third-order valence-corrected chi connectivity index (χ3v) is 3.52. The Balaban J connectivity index is 1.54. The summed E-state index contributed by atoms with van der Waals surface area (Å²) in [7, 11) is 0. The Bertz CT molecular complexity index is 396. The zero-order valence-corrected chi connectivity index (χ0v) is 12.3. The largest absolute Gasteiger partial charge is 0.491 e. The Morgan fingerprint density at radius 1 is 1.50 bits per heavy atom. The van der Waals surface area contributed by atoms with Gasteiger partial charge in [-0.2, -0.15) is 0 Å². The highest BCUT2D eigenvalue weighted by Gasteiger charge is 2.14. The summed E-state index contributed by atoms with van der Waals surface area (Å²) in [6, 6.07) is 7.17. The molecule has 2 rings (SSSR count). The van der Waals surface area contributed by atoms with Crippen molar-refractivity contribution in [3.8, 4) is 5.75 Å². The van der Waals surface area contributed by atoms with Gasteiger partial charge in [0.05, 0.1) is 6.10 Å². The molecule has 1 saturated heterocycles. The number of aliphatic hydroxyl groups excluding tert-OH is 1. The summed E-state index contributed by atoms with van der Waals surface area (Å²) in [6.07, 6.45) is 3.19. The molecule has 2 atom stereocenters. The van der Waals surface area contributed by atoms with Gasteiger partial charge in [-0.15, -0.1) is 0 Å². The molecule has 0 saturated carbocycles. The highest BCUT2D eigenvalue weighted by Crippen LogP contribution is 2.17. The van der Waals surface area contributed by atoms with Crippen LogP contribution >= 0.6 is 11.6 Å². The lowest BCUT2D eigenvalue weighted by atomic mass is 10.2. The number of halogens is 1. The fraction of sp³-hybridized carbons (Fsp3) is 0.600. The van der Waals surface area contributed by atoms with Gasteiger partial charge in [0, 0.05) is 18.2 Å². The van der Waals surface area contributed by atoms with E-state index in [1.807, 2.05) is 12.1 Å². The Hall–Kier alpha value is -0.810. The van der Waals surface area contributed by atoms with Gasteiger partial charge in [0.2, 0.25) is 0 Å². The van der Waals surface area contributed by atoms with Crippen LogP contribution in [0.25, 0.3) is 0 Å². The molecule has 0 amide bonds. The van der Waals surface area contributed by atoms with Gasteiger partial charge in [0.15, 0.2) is 0 Å². The van der Waals surface area contributed by atoms with Gasteiger partial charge in [-0.25, -0.2) is 0 Å². The summed E-state index contributed by atoms with van der Waals surface area (Å²) in [5.41, 5.74) is 0. The molecular formula is C15H22ClNO3. The highest BCUT2D eigenvalue weighted by molar-refractivity contribution is 6.30. The molecule has 0 radical (unpaired) electrons. The smallest absolute Gasteiger partial charge is 0.120 e. The zero-order chi connectivity index (χ0) is 14.2. The molecule has 20 heavy (non-hydrogen) atoms. The third kappa shape index (κ3) is 5.67. The number of benzene rings is 1. The molecule has 0 spiro atoms. The second-order valence-corrected chi connectivity index (χ2v) is 5.49. The van der Waals surface area contributed by atoms with Gasteiger partial charge < -0.3 is 19.9 Å². The van der Waals surface area contributed by atoms with Gasteiger partial charge in [-0.1, -0.05) is 17.7 Å². The van der Waals surface area contributed by atoms with E-state index in [0.29, 0.717) is 23.4 Å². The second-order valence-electron chi connectivity index (χ2n) is 5.05. The molecule has 1 aliphatic heterocycles. The number of hydrogen-bond acceptors (Lipinski definition) is 4. The number of ether oxygens (including phenoxy) is 2. The minimum absolute atomic E-state index is 0.257. The van der Waals surface area contributed by atoms with Gasteiger partial charge >= 0.3 is 0 Å². The maximum Gasteiger partial charge on any atom is 0.120 e. The molecule has 5 heteroatoms. The topological polar surface area (TPSA) is 50.7 Å². The third-order valence-electron chi connectivity index (χ3n) is 3.29. The van der Waals surface area contributed by atoms with Crippen molar-refractivity contribution in [3.63, 3.8) is 0 Å². The highest BCUT2D eigenvalue weighted by atomic mass is 35.5. The van der Waals surface area contributed by atoms with Crippen LogP contribution in [0.15, 0.2) is 24.3 Å². The number of nitrogens with one attached hydrogen (secondary N) is 1. The average Bonchev–Trinajstić information content (AvgIpc) is 2.95. The summed E-state index contributed by atoms with van der Waals surface area (Å²) in [5, 5.41) is 13.7. The van der Waals surface area contributed by atoms with Crippen LogP contribution in [-0.4, -0.2) is 43.6 Å². The quantitative estimate of drug-likeness (QED) is 0.723. The van der Waals surface area contributed by atoms with E-state index >= 15 is 0 Å². The van der Waals surface area contributed by atoms with Crippen molar-refractivity contribution in [1.82, 2.24) is 5.32 Å². The van der Waals surface area contributed by atoms with Crippen molar-refractivity contribution in [1.29, 1.82) is 0 Å². The zero-order valence-electron chi connectivity index (χ0n) is 11.6. The van der Waals surface area contributed by atoms with E-state index in [2.05, 4.69) is 5.32 Å². The van der Waals surface area contributed by atoms with E-state index in [1.165, 1.54) is 6.42 Å². The lowest BCUT2D eigenvalue weighted by molar-refractivity contribution is 0.0942. The molecule has 2 N–H and O–H groups in total. The monoisotopic (exact) mass is 299 g/mol. The summed E-state index contributed by atoms with van der Waals surface area (Å²) < 4.78 is 11.0. The predicted molar refractivity (Wildman–Crippen MR) is 79.4 cm³/mol. The van der Waals surface area contributed by atoms with Crippen molar-refractivity contribution in [2.45, 2.75) is 31.5 Å². The van der Waals surface area contributed by atoms with E-state index < -0.39 is 6.10 Å². The molecular weight excluding hydrogens is 278 g/mol. The van der Waals surface area contributed by atoms with Crippen LogP contribution < -0.4 is 10.1 Å². The molecule has 1 aromatic rings. The van der Waals surface area contributed by atoms with Gasteiger partial charge in [-0.05, 0) is 44.0 Å². The van der Waals surface area contributed by atoms with Crippen molar-refractivity contribution in [3.05, 3.63) is 29.3 Å². The lowest BCUT2D eigenvalue weighted by Gasteiger charge is -2.14. The molecule has 1 fully saturated rings. The molecule has 1 aromatic carbocycles. The molecule has 4 nitrogen and oxygen atoms in total. The van der Waals surface area contributed by atoms with Crippen LogP contribution in [0.5, 0.6) is 5.75 Å². The van der Waals surface area contributed by atoms with Crippen LogP contribution in [0.1, 0.15) is 19.3 Å². The van der Waals surface area contributed by atoms with Crippen LogP contribution in [0, 0.1) is 0 Å². The predicted octanol–water partition coefficient (Wildman–Crippen LogP) is 2.24. The average molecular weight is 300 g/mol. The molecule has 0 bridgehead atoms. The van der Waals surface area contributed by atoms with Crippen molar-refractivity contribution >= 4 is 11.6 Å². The fourth-order valence-corrected chi connectivity index (χ4v) is 2.39. The summed E-state index contributed by atoms with van der Waals surface area (Å²) in [4.78, 5) is 0. The van der Waals surface area contributed by atoms with E-state index in [0.717, 1.165) is 26.0 Å². The molecule has 1 aliphatic rings. The van der Waals surface area contributed by atoms with Crippen LogP contribution in [0.2, 0.25) is 5.02 Å². The van der Waals surface area contributed by atoms with Crippen molar-refractivity contribution < 1.29 is 14.6 Å². The van der Waals surface area contributed by atoms with Crippen LogP contribution in [0.3, 0.4) is 0 Å². The van der Waals surface area contributed by atoms with Crippen LogP contribution in [0.4, 0.5) is 0 Å². The van der Waals surface area contributed by atoms with Crippen molar-refractivity contribution in [2.75, 3.05) is 26.3 Å². The standard InChI is InChI=1S/C15H22ClNO3/c16-12-3-1-4-15(9-12)20-11-13(18)10-17-7-6-14-5-2-8-19-14/h1,3-4,9,13-14,17-18H,2,5-8,10-11H2. The minimum atomic E-state index is -0.529. The van der Waals surface area contributed by atoms with E-state index in [9.17, 15) is 5.11 Å². The second kappa shape index (κ2) is 8.47. The Morgan fingerprint density at radius 3 is 3.15 bits per heavy atom. The van der Waals surface area contributed by atoms with E-state index in [-0.39, 0.29) is 6.61 Å². The Kier molecular flexibility index (Phi) is 6.60. The Morgan fingerprint density at radius 2 is 2.40 bits per heavy atom. The SMILES string of the molecule is OC(CNCCC1CCCO1)COc1cccc(Cl)c1. The molecule has 0 aromatic heterocycles. The first kappa shape index (κ1) is 15.6. The maximum atomic E-state index is 9.82. The number of hydrogen-bond donors (Lipinski definition) is 2. The van der Waals surface area contributed by atoms with E-state index in [1.54, 1.807) is 12.1 Å². The fourth-order valence-electron chi connectivity index (χ4n) is 2.21.